The molecule has 0 atom stereocenters. The molecule has 0 fully saturated rings. The number of alkyl halides is 6. The van der Waals surface area contributed by atoms with Crippen LogP contribution in [-0.2, 0) is 30.9 Å². The third kappa shape index (κ3) is 8.44. The van der Waals surface area contributed by atoms with Gasteiger partial charge in [0.25, 0.3) is 0 Å². The normalized spacial score (nSPS) is 20.1. The summed E-state index contributed by atoms with van der Waals surface area (Å²) in [4.78, 5) is 2.23. The van der Waals surface area contributed by atoms with Gasteiger partial charge < -0.3 is 19.2 Å². The predicted molar refractivity (Wildman–Crippen MR) is 191 cm³/mol. The number of β-amino-alcohol motifs (C(OH)–C–C–N with tert-alkyl or cyclic N) is 2. The molecule has 0 bridgehead atoms. The van der Waals surface area contributed by atoms with Crippen molar-refractivity contribution >= 4 is 48.7 Å². The molecule has 53 heavy (non-hydrogen) atoms. The van der Waals surface area contributed by atoms with Crippen molar-refractivity contribution in [1.82, 2.24) is 0 Å². The van der Waals surface area contributed by atoms with E-state index in [0.29, 0.717) is 13.1 Å². The Morgan fingerprint density at radius 2 is 1.38 bits per heavy atom. The van der Waals surface area contributed by atoms with Gasteiger partial charge in [0.1, 0.15) is 6.61 Å². The number of nitrogens with zero attached hydrogens (tertiary/aromatic N) is 3. The second-order valence-electron chi connectivity index (χ2n) is 13.3. The number of benzene rings is 2. The maximum absolute atomic E-state index is 11.4. The standard InChI is InChI=1S/C33H38ClN2O2.C2F6NO4S2/c1-32(2)25-9-5-7-11-27(25)35(19-21-37)29(32)17-15-23-13-14-24(31(23)34)16-18-30-33(3,4)26-10-6-8-12-28(26)36(30)20-22-38;3-1(4,5)14(10,11)9-15(12,13)2(6,7)8/h5-12,15-18,37-38H,13-14,19-22H2,1-4H3;/q+1;-1. The average Bonchev–Trinajstić information content (AvgIpc) is 3.58. The minimum absolute atomic E-state index is 0.0975. The van der Waals surface area contributed by atoms with E-state index in [1.54, 1.807) is 0 Å². The zero-order valence-electron chi connectivity index (χ0n) is 29.0. The maximum atomic E-state index is 11.4. The van der Waals surface area contributed by atoms with Crippen molar-refractivity contribution in [3.05, 3.63) is 110 Å². The molecular weight excluding hydrogens is 772 g/mol. The quantitative estimate of drug-likeness (QED) is 0.198. The molecule has 290 valence electrons. The fourth-order valence-electron chi connectivity index (χ4n) is 6.54. The Morgan fingerprint density at radius 3 is 1.94 bits per heavy atom. The molecule has 5 rings (SSSR count). The predicted octanol–water partition coefficient (Wildman–Crippen LogP) is 7.56. The van der Waals surface area contributed by atoms with Gasteiger partial charge in [0.2, 0.25) is 5.69 Å². The van der Waals surface area contributed by atoms with E-state index in [-0.39, 0.29) is 24.0 Å². The summed E-state index contributed by atoms with van der Waals surface area (Å²) in [6, 6.07) is 16.9. The SMILES string of the molecule is CC1(C)C(=CC=C2CCC(C=CC3=[N+](CCO)c4ccccc4C3(C)C)=C2Cl)N(CCO)c2ccccc21.O=S(=O)([N-]S(=O)(=O)C(F)(F)F)C(F)(F)F. The van der Waals surface area contributed by atoms with E-state index >= 15 is 0 Å². The number of aliphatic hydroxyl groups is 2. The molecule has 2 heterocycles. The Bertz CT molecular complexity index is 2080. The lowest BCUT2D eigenvalue weighted by Crippen LogP contribution is -2.30. The van der Waals surface area contributed by atoms with E-state index in [1.807, 2.05) is 0 Å². The van der Waals surface area contributed by atoms with Crippen molar-refractivity contribution < 1.29 is 58.0 Å². The van der Waals surface area contributed by atoms with E-state index < -0.39 is 31.1 Å². The summed E-state index contributed by atoms with van der Waals surface area (Å²) in [5, 5.41) is 20.3. The largest absolute Gasteiger partial charge is 0.480 e. The van der Waals surface area contributed by atoms with Crippen molar-refractivity contribution in [3.8, 4) is 0 Å². The highest BCUT2D eigenvalue weighted by Gasteiger charge is 2.47. The first-order valence-electron chi connectivity index (χ1n) is 16.1. The molecule has 3 aliphatic rings. The van der Waals surface area contributed by atoms with Crippen molar-refractivity contribution in [1.29, 1.82) is 0 Å². The Kier molecular flexibility index (Phi) is 12.2. The van der Waals surface area contributed by atoms with Gasteiger partial charge in [-0.2, -0.15) is 30.9 Å². The van der Waals surface area contributed by atoms with Crippen LogP contribution in [0.15, 0.2) is 94.7 Å². The first-order valence-corrected chi connectivity index (χ1v) is 19.4. The molecule has 0 unspecified atom stereocenters. The van der Waals surface area contributed by atoms with Crippen LogP contribution in [0.4, 0.5) is 37.7 Å². The second-order valence-corrected chi connectivity index (χ2v) is 17.1. The minimum Gasteiger partial charge on any atom is -0.421 e. The summed E-state index contributed by atoms with van der Waals surface area (Å²) < 4.78 is 111. The fourth-order valence-corrected chi connectivity index (χ4v) is 8.57. The van der Waals surface area contributed by atoms with Gasteiger partial charge >= 0.3 is 11.0 Å². The van der Waals surface area contributed by atoms with E-state index in [1.165, 1.54) is 22.5 Å². The van der Waals surface area contributed by atoms with Crippen molar-refractivity contribution in [2.24, 2.45) is 0 Å². The van der Waals surface area contributed by atoms with Crippen molar-refractivity contribution in [3.63, 3.8) is 0 Å². The third-order valence-electron chi connectivity index (χ3n) is 9.14. The molecule has 0 amide bonds. The number of allylic oxidation sites excluding steroid dienone is 8. The summed E-state index contributed by atoms with van der Waals surface area (Å²) in [5.74, 6) is 0. The van der Waals surface area contributed by atoms with Crippen LogP contribution in [0.3, 0.4) is 0 Å². The monoisotopic (exact) mass is 809 g/mol. The van der Waals surface area contributed by atoms with Gasteiger partial charge in [0.05, 0.1) is 12.0 Å². The van der Waals surface area contributed by atoms with E-state index in [0.717, 1.165) is 44.5 Å². The van der Waals surface area contributed by atoms with Gasteiger partial charge in [-0.3, -0.25) is 0 Å². The highest BCUT2D eigenvalue weighted by molar-refractivity contribution is 8.13. The van der Waals surface area contributed by atoms with Crippen LogP contribution in [0.2, 0.25) is 0 Å². The molecule has 2 N–H and O–H groups in total. The Balaban J connectivity index is 0.000000355. The number of hydrogen-bond donors (Lipinski definition) is 2. The number of para-hydroxylation sites is 2. The lowest BCUT2D eigenvalue weighted by atomic mass is 9.81. The molecule has 2 aliphatic heterocycles. The molecule has 0 radical (unpaired) electrons. The first kappa shape index (κ1) is 42.3. The smallest absolute Gasteiger partial charge is 0.421 e. The zero-order valence-corrected chi connectivity index (χ0v) is 31.4. The van der Waals surface area contributed by atoms with Gasteiger partial charge in [-0.15, -0.1) is 0 Å². The van der Waals surface area contributed by atoms with Crippen LogP contribution in [0.25, 0.3) is 4.13 Å². The van der Waals surface area contributed by atoms with Gasteiger partial charge in [0, 0.05) is 46.1 Å². The maximum Gasteiger partial charge on any atom is 0.480 e. The lowest BCUT2D eigenvalue weighted by molar-refractivity contribution is -0.441. The molecule has 0 saturated carbocycles. The summed E-state index contributed by atoms with van der Waals surface area (Å²) in [5.41, 5.74) is -3.21. The highest BCUT2D eigenvalue weighted by Crippen LogP contribution is 2.48. The highest BCUT2D eigenvalue weighted by atomic mass is 35.5. The van der Waals surface area contributed by atoms with Crippen LogP contribution in [0.5, 0.6) is 0 Å². The number of rotatable bonds is 9. The Morgan fingerprint density at radius 1 is 0.811 bits per heavy atom. The third-order valence-corrected chi connectivity index (χ3v) is 12.4. The number of hydrogen-bond acceptors (Lipinski definition) is 7. The van der Waals surface area contributed by atoms with E-state index in [9.17, 15) is 53.4 Å². The second kappa shape index (κ2) is 15.3. The molecule has 0 spiro atoms. The summed E-state index contributed by atoms with van der Waals surface area (Å²) in [7, 11) is -13.4. The van der Waals surface area contributed by atoms with Crippen LogP contribution in [0, 0.1) is 0 Å². The number of sulfonamides is 2. The van der Waals surface area contributed by atoms with Crippen LogP contribution in [-0.4, -0.2) is 74.7 Å². The first-order chi connectivity index (χ1) is 24.4. The van der Waals surface area contributed by atoms with Gasteiger partial charge in [-0.05, 0) is 55.5 Å². The molecule has 9 nitrogen and oxygen atoms in total. The Labute approximate surface area is 309 Å². The van der Waals surface area contributed by atoms with Gasteiger partial charge in [-0.1, -0.05) is 74.0 Å². The lowest BCUT2D eigenvalue weighted by Gasteiger charge is -2.26. The molecule has 0 saturated heterocycles. The molecule has 0 aromatic heterocycles. The van der Waals surface area contributed by atoms with Crippen molar-refractivity contribution in [2.75, 3.05) is 31.2 Å². The number of halogens is 7. The van der Waals surface area contributed by atoms with E-state index in [2.05, 4.69) is 110 Å². The van der Waals surface area contributed by atoms with Gasteiger partial charge in [0.15, 0.2) is 32.3 Å². The van der Waals surface area contributed by atoms with Crippen molar-refractivity contribution in [2.45, 2.75) is 62.4 Å². The topological polar surface area (TPSA) is 129 Å². The number of fused-ring (bicyclic) bond motifs is 2. The molecular formula is C35H38ClF6N3O6S2. The van der Waals surface area contributed by atoms with Crippen LogP contribution >= 0.6 is 11.6 Å². The number of aliphatic hydroxyl groups excluding tert-OH is 2. The molecule has 18 heteroatoms. The summed E-state index contributed by atoms with van der Waals surface area (Å²) in [6.07, 6.45) is 10.5. The average molecular weight is 810 g/mol. The van der Waals surface area contributed by atoms with E-state index in [4.69, 9.17) is 11.6 Å². The fraction of sp³-hybridized carbons (Fsp3) is 0.400. The summed E-state index contributed by atoms with van der Waals surface area (Å²) >= 11 is 6.95. The minimum atomic E-state index is -6.72. The van der Waals surface area contributed by atoms with Crippen LogP contribution < -0.4 is 4.90 Å². The Hall–Kier alpha value is -3.48. The summed E-state index contributed by atoms with van der Waals surface area (Å²) in [6.45, 7) is 10.3. The molecule has 1 aliphatic carbocycles. The van der Waals surface area contributed by atoms with Crippen LogP contribution in [0.1, 0.15) is 51.7 Å². The molecule has 2 aromatic rings. The molecule has 2 aromatic carbocycles. The number of anilines is 1. The zero-order chi connectivity index (χ0) is 39.8. The van der Waals surface area contributed by atoms with Gasteiger partial charge in [-0.25, -0.2) is 16.8 Å².